The Morgan fingerprint density at radius 3 is 2.65 bits per heavy atom. The molecule has 0 atom stereocenters. The van der Waals surface area contributed by atoms with Crippen molar-refractivity contribution in [2.75, 3.05) is 12.4 Å². The minimum atomic E-state index is -0.362. The molecule has 1 heterocycles. The highest BCUT2D eigenvalue weighted by atomic mass is 35.5. The standard InChI is InChI=1S/C17H14ClN3O2/c1-23-15-11-21(14-8-3-2-4-9-14)20-16(15)17(22)19-13-7-5-6-12(18)10-13/h2-11H,1H3,(H,19,22). The van der Waals surface area contributed by atoms with Crippen LogP contribution in [0.15, 0.2) is 60.8 Å². The van der Waals surface area contributed by atoms with Crippen molar-refractivity contribution < 1.29 is 9.53 Å². The molecule has 0 saturated heterocycles. The van der Waals surface area contributed by atoms with Crippen molar-refractivity contribution in [3.05, 3.63) is 71.5 Å². The lowest BCUT2D eigenvalue weighted by Gasteiger charge is -2.04. The SMILES string of the molecule is COc1cn(-c2ccccc2)nc1C(=O)Nc1cccc(Cl)c1. The van der Waals surface area contributed by atoms with Crippen LogP contribution in [0.5, 0.6) is 5.75 Å². The lowest BCUT2D eigenvalue weighted by atomic mass is 10.3. The number of amides is 1. The van der Waals surface area contributed by atoms with Gasteiger partial charge in [0.15, 0.2) is 11.4 Å². The Kier molecular flexibility index (Phi) is 4.30. The molecule has 0 spiro atoms. The molecule has 3 aromatic rings. The third-order valence-corrected chi connectivity index (χ3v) is 3.45. The lowest BCUT2D eigenvalue weighted by Crippen LogP contribution is -2.14. The molecular formula is C17H14ClN3O2. The molecule has 5 nitrogen and oxygen atoms in total. The molecule has 2 aromatic carbocycles. The van der Waals surface area contributed by atoms with E-state index in [4.69, 9.17) is 16.3 Å². The van der Waals surface area contributed by atoms with Gasteiger partial charge in [-0.2, -0.15) is 5.10 Å². The van der Waals surface area contributed by atoms with E-state index < -0.39 is 0 Å². The van der Waals surface area contributed by atoms with E-state index in [1.54, 1.807) is 35.1 Å². The van der Waals surface area contributed by atoms with E-state index in [9.17, 15) is 4.79 Å². The van der Waals surface area contributed by atoms with Gasteiger partial charge in [-0.1, -0.05) is 35.9 Å². The molecular weight excluding hydrogens is 314 g/mol. The average Bonchev–Trinajstić information content (AvgIpc) is 3.00. The molecule has 0 aliphatic carbocycles. The summed E-state index contributed by atoms with van der Waals surface area (Å²) in [4.78, 5) is 12.4. The number of halogens is 1. The Hall–Kier alpha value is -2.79. The third kappa shape index (κ3) is 3.35. The summed E-state index contributed by atoms with van der Waals surface area (Å²) in [6.45, 7) is 0. The zero-order chi connectivity index (χ0) is 16.2. The van der Waals surface area contributed by atoms with Crippen molar-refractivity contribution in [2.45, 2.75) is 0 Å². The summed E-state index contributed by atoms with van der Waals surface area (Å²) in [6.07, 6.45) is 1.67. The highest BCUT2D eigenvalue weighted by molar-refractivity contribution is 6.30. The second kappa shape index (κ2) is 6.54. The number of hydrogen-bond donors (Lipinski definition) is 1. The van der Waals surface area contributed by atoms with Crippen LogP contribution < -0.4 is 10.1 Å². The van der Waals surface area contributed by atoms with E-state index in [2.05, 4.69) is 10.4 Å². The van der Waals surface area contributed by atoms with Crippen LogP contribution in [0.3, 0.4) is 0 Å². The van der Waals surface area contributed by atoms with Crippen molar-refractivity contribution in [2.24, 2.45) is 0 Å². The Labute approximate surface area is 138 Å². The minimum Gasteiger partial charge on any atom is -0.493 e. The topological polar surface area (TPSA) is 56.2 Å². The highest BCUT2D eigenvalue weighted by Crippen LogP contribution is 2.21. The van der Waals surface area contributed by atoms with Gasteiger partial charge in [0, 0.05) is 10.7 Å². The number of carbonyl (C=O) groups is 1. The highest BCUT2D eigenvalue weighted by Gasteiger charge is 2.18. The number of aromatic nitrogens is 2. The molecule has 0 aliphatic heterocycles. The number of nitrogens with zero attached hydrogens (tertiary/aromatic N) is 2. The van der Waals surface area contributed by atoms with Crippen LogP contribution in [0.4, 0.5) is 5.69 Å². The van der Waals surface area contributed by atoms with Gasteiger partial charge in [-0.15, -0.1) is 0 Å². The first-order valence-corrected chi connectivity index (χ1v) is 7.31. The van der Waals surface area contributed by atoms with Gasteiger partial charge in [0.05, 0.1) is 19.0 Å². The average molecular weight is 328 g/mol. The van der Waals surface area contributed by atoms with Crippen molar-refractivity contribution >= 4 is 23.2 Å². The molecule has 0 bridgehead atoms. The molecule has 0 unspecified atom stereocenters. The first-order chi connectivity index (χ1) is 11.2. The maximum absolute atomic E-state index is 12.4. The number of benzene rings is 2. The number of ether oxygens (including phenoxy) is 1. The maximum atomic E-state index is 12.4. The maximum Gasteiger partial charge on any atom is 0.280 e. The zero-order valence-corrected chi connectivity index (χ0v) is 13.1. The van der Waals surface area contributed by atoms with Gasteiger partial charge in [-0.3, -0.25) is 4.79 Å². The van der Waals surface area contributed by atoms with Crippen LogP contribution in [-0.2, 0) is 0 Å². The fourth-order valence-corrected chi connectivity index (χ4v) is 2.32. The minimum absolute atomic E-state index is 0.205. The molecule has 6 heteroatoms. The summed E-state index contributed by atoms with van der Waals surface area (Å²) in [5, 5.41) is 7.62. The largest absolute Gasteiger partial charge is 0.493 e. The molecule has 0 radical (unpaired) electrons. The normalized spacial score (nSPS) is 10.3. The van der Waals surface area contributed by atoms with Gasteiger partial charge >= 0.3 is 0 Å². The van der Waals surface area contributed by atoms with Crippen LogP contribution >= 0.6 is 11.6 Å². The van der Waals surface area contributed by atoms with Gasteiger partial charge in [-0.05, 0) is 30.3 Å². The van der Waals surface area contributed by atoms with E-state index in [-0.39, 0.29) is 11.6 Å². The smallest absolute Gasteiger partial charge is 0.280 e. The van der Waals surface area contributed by atoms with Gasteiger partial charge in [0.25, 0.3) is 5.91 Å². The predicted octanol–water partition coefficient (Wildman–Crippen LogP) is 3.79. The Morgan fingerprint density at radius 2 is 1.96 bits per heavy atom. The van der Waals surface area contributed by atoms with E-state index in [0.29, 0.717) is 16.5 Å². The monoisotopic (exact) mass is 327 g/mol. The van der Waals surface area contributed by atoms with Gasteiger partial charge in [0.1, 0.15) is 0 Å². The van der Waals surface area contributed by atoms with Gasteiger partial charge < -0.3 is 10.1 Å². The lowest BCUT2D eigenvalue weighted by molar-refractivity contribution is 0.101. The van der Waals surface area contributed by atoms with Crippen LogP contribution in [0.25, 0.3) is 5.69 Å². The van der Waals surface area contributed by atoms with E-state index in [1.165, 1.54) is 7.11 Å². The van der Waals surface area contributed by atoms with Crippen LogP contribution in [0, 0.1) is 0 Å². The summed E-state index contributed by atoms with van der Waals surface area (Å²) in [5.41, 5.74) is 1.64. The van der Waals surface area contributed by atoms with E-state index in [1.807, 2.05) is 30.3 Å². The van der Waals surface area contributed by atoms with Crippen LogP contribution in [-0.4, -0.2) is 22.8 Å². The third-order valence-electron chi connectivity index (χ3n) is 3.22. The number of para-hydroxylation sites is 1. The molecule has 116 valence electrons. The van der Waals surface area contributed by atoms with E-state index in [0.717, 1.165) is 5.69 Å². The second-order valence-corrected chi connectivity index (χ2v) is 5.23. The molecule has 0 fully saturated rings. The molecule has 23 heavy (non-hydrogen) atoms. The summed E-state index contributed by atoms with van der Waals surface area (Å²) in [7, 11) is 1.50. The molecule has 1 amide bonds. The number of nitrogens with one attached hydrogen (secondary N) is 1. The van der Waals surface area contributed by atoms with Gasteiger partial charge in [-0.25, -0.2) is 4.68 Å². The first-order valence-electron chi connectivity index (χ1n) is 6.93. The molecule has 3 rings (SSSR count). The van der Waals surface area contributed by atoms with Crippen LogP contribution in [0.2, 0.25) is 5.02 Å². The summed E-state index contributed by atoms with van der Waals surface area (Å²) < 4.78 is 6.86. The second-order valence-electron chi connectivity index (χ2n) is 4.79. The Morgan fingerprint density at radius 1 is 1.17 bits per heavy atom. The molecule has 0 aliphatic rings. The number of rotatable bonds is 4. The number of carbonyl (C=O) groups excluding carboxylic acids is 1. The summed E-state index contributed by atoms with van der Waals surface area (Å²) >= 11 is 5.92. The number of hydrogen-bond acceptors (Lipinski definition) is 3. The predicted molar refractivity (Wildman–Crippen MR) is 89.5 cm³/mol. The quantitative estimate of drug-likeness (QED) is 0.793. The van der Waals surface area contributed by atoms with Gasteiger partial charge in [0.2, 0.25) is 0 Å². The van der Waals surface area contributed by atoms with Crippen molar-refractivity contribution in [3.8, 4) is 11.4 Å². The number of anilines is 1. The van der Waals surface area contributed by atoms with Crippen LogP contribution in [0.1, 0.15) is 10.5 Å². The fourth-order valence-electron chi connectivity index (χ4n) is 2.13. The zero-order valence-electron chi connectivity index (χ0n) is 12.4. The summed E-state index contributed by atoms with van der Waals surface area (Å²) in [6, 6.07) is 16.4. The van der Waals surface area contributed by atoms with Crippen molar-refractivity contribution in [1.82, 2.24) is 9.78 Å². The first kappa shape index (κ1) is 15.1. The molecule has 0 saturated carbocycles. The van der Waals surface area contributed by atoms with Crippen molar-refractivity contribution in [1.29, 1.82) is 0 Å². The fraction of sp³-hybridized carbons (Fsp3) is 0.0588. The number of methoxy groups -OCH3 is 1. The Bertz CT molecular complexity index is 831. The molecule has 1 aromatic heterocycles. The Balaban J connectivity index is 1.90. The van der Waals surface area contributed by atoms with E-state index >= 15 is 0 Å². The summed E-state index contributed by atoms with van der Waals surface area (Å²) in [5.74, 6) is 0.0344. The van der Waals surface area contributed by atoms with Crippen molar-refractivity contribution in [3.63, 3.8) is 0 Å². The molecule has 1 N–H and O–H groups in total.